The first-order valence-electron chi connectivity index (χ1n) is 11.2. The molecule has 2 aliphatic heterocycles. The maximum Gasteiger partial charge on any atom is 0.348 e. The fourth-order valence-electron chi connectivity index (χ4n) is 3.82. The Labute approximate surface area is 193 Å². The van der Waals surface area contributed by atoms with E-state index in [0.717, 1.165) is 39.1 Å². The summed E-state index contributed by atoms with van der Waals surface area (Å²) in [5, 5.41) is 9.81. The van der Waals surface area contributed by atoms with Crippen molar-refractivity contribution < 1.29 is 9.59 Å². The van der Waals surface area contributed by atoms with E-state index in [1.54, 1.807) is 42.8 Å². The number of nitrogens with one attached hydrogen (secondary N) is 2. The first-order valence-corrected chi connectivity index (χ1v) is 11.2. The number of rotatable bonds is 6. The number of hydrazine groups is 2. The second kappa shape index (κ2) is 10.6. The fourth-order valence-corrected chi connectivity index (χ4v) is 3.82. The third-order valence-corrected chi connectivity index (χ3v) is 5.51. The summed E-state index contributed by atoms with van der Waals surface area (Å²) in [4.78, 5) is 30.3. The van der Waals surface area contributed by atoms with Crippen LogP contribution in [0.1, 0.15) is 23.7 Å². The monoisotopic (exact) mass is 447 g/mol. The highest BCUT2D eigenvalue weighted by Crippen LogP contribution is 2.19. The standard InChI is InChI=1S/C24H29N7O2/c1-2-15-28-16-18-29(19-17-28)23(32)20-9-11-21(12-10-20)27-24(33)30(22-7-4-3-5-8-22)31-25-13-6-14-26-31/h3-14,25H,2,15-19H2,1H3,(H,27,33). The van der Waals surface area contributed by atoms with E-state index in [1.807, 2.05) is 35.2 Å². The van der Waals surface area contributed by atoms with Crippen molar-refractivity contribution in [2.45, 2.75) is 13.3 Å². The molecule has 2 aromatic rings. The zero-order valence-electron chi connectivity index (χ0n) is 18.7. The van der Waals surface area contributed by atoms with E-state index < -0.39 is 6.03 Å². The fraction of sp³-hybridized carbons (Fsp3) is 0.292. The van der Waals surface area contributed by atoms with Crippen LogP contribution >= 0.6 is 0 Å². The Bertz CT molecular complexity index is 999. The lowest BCUT2D eigenvalue weighted by Crippen LogP contribution is -2.51. The molecule has 9 nitrogen and oxygen atoms in total. The van der Waals surface area contributed by atoms with Gasteiger partial charge in [0.1, 0.15) is 0 Å². The summed E-state index contributed by atoms with van der Waals surface area (Å²) in [5.41, 5.74) is 4.76. The third kappa shape index (κ3) is 5.50. The van der Waals surface area contributed by atoms with Crippen LogP contribution in [0.4, 0.5) is 16.2 Å². The Morgan fingerprint density at radius 2 is 1.76 bits per heavy atom. The van der Waals surface area contributed by atoms with Gasteiger partial charge in [-0.1, -0.05) is 30.3 Å². The minimum absolute atomic E-state index is 0.0218. The number of amides is 3. The minimum atomic E-state index is -0.396. The van der Waals surface area contributed by atoms with E-state index in [1.165, 1.54) is 10.2 Å². The number of hydrogen-bond acceptors (Lipinski definition) is 6. The van der Waals surface area contributed by atoms with Crippen molar-refractivity contribution >= 4 is 29.5 Å². The molecule has 1 fully saturated rings. The van der Waals surface area contributed by atoms with Gasteiger partial charge in [0, 0.05) is 43.6 Å². The molecule has 2 N–H and O–H groups in total. The van der Waals surface area contributed by atoms with E-state index in [-0.39, 0.29) is 5.91 Å². The molecule has 2 aromatic carbocycles. The molecule has 33 heavy (non-hydrogen) atoms. The van der Waals surface area contributed by atoms with Gasteiger partial charge in [0.15, 0.2) is 0 Å². The molecule has 0 atom stereocenters. The molecule has 2 aliphatic rings. The van der Waals surface area contributed by atoms with Crippen LogP contribution in [0.3, 0.4) is 0 Å². The van der Waals surface area contributed by atoms with Crippen molar-refractivity contribution in [2.24, 2.45) is 5.10 Å². The van der Waals surface area contributed by atoms with Crippen molar-refractivity contribution in [3.63, 3.8) is 0 Å². The van der Waals surface area contributed by atoms with Gasteiger partial charge < -0.3 is 10.2 Å². The topological polar surface area (TPSA) is 83.5 Å². The molecule has 0 aromatic heterocycles. The van der Waals surface area contributed by atoms with E-state index in [9.17, 15) is 9.59 Å². The van der Waals surface area contributed by atoms with Crippen molar-refractivity contribution in [3.05, 3.63) is 72.4 Å². The van der Waals surface area contributed by atoms with Crippen LogP contribution in [0.25, 0.3) is 0 Å². The second-order valence-corrected chi connectivity index (χ2v) is 7.83. The van der Waals surface area contributed by atoms with Crippen LogP contribution in [-0.4, -0.2) is 65.9 Å². The van der Waals surface area contributed by atoms with Gasteiger partial charge in [0.05, 0.1) is 11.9 Å². The van der Waals surface area contributed by atoms with E-state index in [4.69, 9.17) is 0 Å². The third-order valence-electron chi connectivity index (χ3n) is 5.51. The number of hydrogen-bond donors (Lipinski definition) is 2. The van der Waals surface area contributed by atoms with Crippen LogP contribution in [0.2, 0.25) is 0 Å². The predicted molar refractivity (Wildman–Crippen MR) is 130 cm³/mol. The van der Waals surface area contributed by atoms with Crippen LogP contribution in [0, 0.1) is 0 Å². The number of carbonyl (C=O) groups excluding carboxylic acids is 2. The van der Waals surface area contributed by atoms with Gasteiger partial charge in [-0.2, -0.15) is 5.01 Å². The Balaban J connectivity index is 1.41. The molecule has 1 saturated heterocycles. The molecular formula is C24H29N7O2. The smallest absolute Gasteiger partial charge is 0.336 e. The quantitative estimate of drug-likeness (QED) is 0.711. The minimum Gasteiger partial charge on any atom is -0.336 e. The molecular weight excluding hydrogens is 418 g/mol. The number of hydrazone groups is 1. The summed E-state index contributed by atoms with van der Waals surface area (Å²) in [7, 11) is 0. The summed E-state index contributed by atoms with van der Waals surface area (Å²) >= 11 is 0. The molecule has 0 aliphatic carbocycles. The molecule has 172 valence electrons. The van der Waals surface area contributed by atoms with Gasteiger partial charge in [-0.25, -0.2) is 4.79 Å². The highest BCUT2D eigenvalue weighted by Gasteiger charge is 2.24. The Morgan fingerprint density at radius 3 is 2.39 bits per heavy atom. The number of benzene rings is 2. The number of piperazine rings is 1. The number of nitrogens with zero attached hydrogens (tertiary/aromatic N) is 5. The Kier molecular flexibility index (Phi) is 7.21. The van der Waals surface area contributed by atoms with E-state index >= 15 is 0 Å². The lowest BCUT2D eigenvalue weighted by Gasteiger charge is -2.34. The lowest BCUT2D eigenvalue weighted by molar-refractivity contribution is 0.0637. The number of para-hydroxylation sites is 1. The summed E-state index contributed by atoms with van der Waals surface area (Å²) in [6.45, 7) is 6.54. The summed E-state index contributed by atoms with van der Waals surface area (Å²) in [6.07, 6.45) is 6.12. The number of anilines is 2. The molecule has 0 spiro atoms. The SMILES string of the molecule is CCCN1CCN(C(=O)c2ccc(NC(=O)N(c3ccccc3)N3N=CC=CN3)cc2)CC1. The van der Waals surface area contributed by atoms with Crippen LogP contribution < -0.4 is 15.8 Å². The largest absolute Gasteiger partial charge is 0.348 e. The molecule has 3 amide bonds. The van der Waals surface area contributed by atoms with Gasteiger partial charge in [-0.3, -0.25) is 15.1 Å². The van der Waals surface area contributed by atoms with Crippen molar-refractivity contribution in [3.8, 4) is 0 Å². The predicted octanol–water partition coefficient (Wildman–Crippen LogP) is 3.13. The first-order chi connectivity index (χ1) is 16.2. The average molecular weight is 448 g/mol. The Hall–Kier alpha value is -3.85. The van der Waals surface area contributed by atoms with Gasteiger partial charge in [0.25, 0.3) is 5.91 Å². The molecule has 0 bridgehead atoms. The van der Waals surface area contributed by atoms with Gasteiger partial charge in [0.2, 0.25) is 0 Å². The first kappa shape index (κ1) is 22.3. The lowest BCUT2D eigenvalue weighted by atomic mass is 10.1. The molecule has 9 heteroatoms. The van der Waals surface area contributed by atoms with E-state index in [2.05, 4.69) is 27.7 Å². The molecule has 0 radical (unpaired) electrons. The maximum atomic E-state index is 13.1. The van der Waals surface area contributed by atoms with Crippen molar-refractivity contribution in [1.82, 2.24) is 20.5 Å². The highest BCUT2D eigenvalue weighted by molar-refractivity contribution is 6.01. The van der Waals surface area contributed by atoms with Gasteiger partial charge in [-0.15, -0.1) is 5.10 Å². The summed E-state index contributed by atoms with van der Waals surface area (Å²) < 4.78 is 0. The number of allylic oxidation sites excluding steroid dienone is 1. The number of urea groups is 1. The zero-order chi connectivity index (χ0) is 23.0. The zero-order valence-corrected chi connectivity index (χ0v) is 18.7. The van der Waals surface area contributed by atoms with Crippen molar-refractivity contribution in [1.29, 1.82) is 0 Å². The van der Waals surface area contributed by atoms with Crippen LogP contribution in [0.15, 0.2) is 72.0 Å². The van der Waals surface area contributed by atoms with Crippen LogP contribution in [0.5, 0.6) is 0 Å². The van der Waals surface area contributed by atoms with Crippen molar-refractivity contribution in [2.75, 3.05) is 43.0 Å². The maximum absolute atomic E-state index is 13.1. The van der Waals surface area contributed by atoms with Crippen LogP contribution in [-0.2, 0) is 0 Å². The number of carbonyl (C=O) groups is 2. The summed E-state index contributed by atoms with van der Waals surface area (Å²) in [5.74, 6) is 0.0218. The molecule has 0 saturated carbocycles. The van der Waals surface area contributed by atoms with Gasteiger partial charge in [-0.05, 0) is 55.4 Å². The average Bonchev–Trinajstić information content (AvgIpc) is 2.86. The molecule has 0 unspecified atom stereocenters. The van der Waals surface area contributed by atoms with E-state index in [0.29, 0.717) is 16.9 Å². The highest BCUT2D eigenvalue weighted by atomic mass is 16.2. The molecule has 4 rings (SSSR count). The van der Waals surface area contributed by atoms with Gasteiger partial charge >= 0.3 is 6.03 Å². The summed E-state index contributed by atoms with van der Waals surface area (Å²) in [6, 6.07) is 15.8. The molecule has 2 heterocycles. The Morgan fingerprint density at radius 1 is 1.03 bits per heavy atom. The second-order valence-electron chi connectivity index (χ2n) is 7.83. The normalized spacial score (nSPS) is 15.8.